The van der Waals surface area contributed by atoms with Crippen molar-refractivity contribution in [2.24, 2.45) is 0 Å². The zero-order chi connectivity index (χ0) is 15.1. The van der Waals surface area contributed by atoms with Crippen LogP contribution in [0.4, 0.5) is 0 Å². The molecule has 5 heteroatoms. The molecule has 2 N–H and O–H groups in total. The van der Waals surface area contributed by atoms with Gasteiger partial charge in [0.05, 0.1) is 13.0 Å². The van der Waals surface area contributed by atoms with Crippen LogP contribution in [0.2, 0.25) is 0 Å². The molecule has 0 aliphatic heterocycles. The highest BCUT2D eigenvalue weighted by molar-refractivity contribution is 5.83. The molecule has 1 atom stereocenters. The molecule has 0 spiro atoms. The van der Waals surface area contributed by atoms with Crippen molar-refractivity contribution in [3.8, 4) is 5.75 Å². The highest BCUT2D eigenvalue weighted by Crippen LogP contribution is 2.16. The van der Waals surface area contributed by atoms with E-state index in [4.69, 9.17) is 9.84 Å². The largest absolute Gasteiger partial charge is 0.493 e. The minimum Gasteiger partial charge on any atom is -0.493 e. The number of carbonyl (C=O) groups is 2. The highest BCUT2D eigenvalue weighted by Gasteiger charge is 2.17. The predicted molar refractivity (Wildman–Crippen MR) is 75.9 cm³/mol. The van der Waals surface area contributed by atoms with Gasteiger partial charge in [0.15, 0.2) is 0 Å². The molecule has 0 fully saturated rings. The number of aliphatic carboxylic acids is 1. The van der Waals surface area contributed by atoms with Gasteiger partial charge in [-0.2, -0.15) is 0 Å². The number of ether oxygens (including phenoxy) is 1. The van der Waals surface area contributed by atoms with E-state index >= 15 is 0 Å². The standard InChI is InChI=1S/C15H21NO4/c1-4-13(15(18)19)16-14(17)5-6-20-12-8-10(2)7-11(3)9-12/h7-9,13H,4-6H2,1-3H3,(H,16,17)(H,18,19)/t13-/m0/s1. The third kappa shape index (κ3) is 5.30. The minimum atomic E-state index is -1.02. The van der Waals surface area contributed by atoms with Crippen molar-refractivity contribution >= 4 is 11.9 Å². The minimum absolute atomic E-state index is 0.136. The van der Waals surface area contributed by atoms with Crippen LogP contribution in [-0.4, -0.2) is 29.6 Å². The van der Waals surface area contributed by atoms with E-state index in [0.717, 1.165) is 16.9 Å². The summed E-state index contributed by atoms with van der Waals surface area (Å²) < 4.78 is 5.51. The molecule has 0 radical (unpaired) electrons. The van der Waals surface area contributed by atoms with Crippen LogP contribution >= 0.6 is 0 Å². The number of carbonyl (C=O) groups excluding carboxylic acids is 1. The summed E-state index contributed by atoms with van der Waals surface area (Å²) in [5.41, 5.74) is 2.20. The van der Waals surface area contributed by atoms with Gasteiger partial charge >= 0.3 is 5.97 Å². The van der Waals surface area contributed by atoms with Crippen LogP contribution in [0.15, 0.2) is 18.2 Å². The molecule has 0 heterocycles. The third-order valence-corrected chi connectivity index (χ3v) is 2.83. The van der Waals surface area contributed by atoms with E-state index < -0.39 is 12.0 Å². The van der Waals surface area contributed by atoms with E-state index in [1.54, 1.807) is 6.92 Å². The van der Waals surface area contributed by atoms with E-state index in [9.17, 15) is 9.59 Å². The molecule has 110 valence electrons. The first-order chi connectivity index (χ1) is 9.42. The molecule has 1 rings (SSSR count). The number of amides is 1. The summed E-state index contributed by atoms with van der Waals surface area (Å²) in [7, 11) is 0. The molecule has 0 aromatic heterocycles. The van der Waals surface area contributed by atoms with Crippen molar-refractivity contribution in [3.05, 3.63) is 29.3 Å². The quantitative estimate of drug-likeness (QED) is 0.801. The van der Waals surface area contributed by atoms with Crippen molar-refractivity contribution in [2.75, 3.05) is 6.61 Å². The first kappa shape index (κ1) is 16.0. The molecule has 0 aliphatic rings. The number of nitrogens with one attached hydrogen (secondary N) is 1. The summed E-state index contributed by atoms with van der Waals surface area (Å²) in [5.74, 6) is -0.611. The summed E-state index contributed by atoms with van der Waals surface area (Å²) in [5, 5.41) is 11.3. The maximum Gasteiger partial charge on any atom is 0.326 e. The van der Waals surface area contributed by atoms with Crippen LogP contribution in [-0.2, 0) is 9.59 Å². The fourth-order valence-electron chi connectivity index (χ4n) is 1.88. The predicted octanol–water partition coefficient (Wildman–Crippen LogP) is 2.05. The fraction of sp³-hybridized carbons (Fsp3) is 0.467. The summed E-state index contributed by atoms with van der Waals surface area (Å²) >= 11 is 0. The second kappa shape index (κ2) is 7.53. The van der Waals surface area contributed by atoms with Crippen LogP contribution in [0, 0.1) is 13.8 Å². The number of benzene rings is 1. The Morgan fingerprint density at radius 1 is 1.25 bits per heavy atom. The summed E-state index contributed by atoms with van der Waals surface area (Å²) in [6.45, 7) is 5.90. The first-order valence-corrected chi connectivity index (χ1v) is 6.65. The normalized spacial score (nSPS) is 11.8. The van der Waals surface area contributed by atoms with E-state index in [0.29, 0.717) is 6.42 Å². The number of carboxylic acids is 1. The van der Waals surface area contributed by atoms with Gasteiger partial charge in [-0.15, -0.1) is 0 Å². The molecule has 0 aliphatic carbocycles. The average Bonchev–Trinajstić information content (AvgIpc) is 2.34. The summed E-state index contributed by atoms with van der Waals surface area (Å²) in [6.07, 6.45) is 0.496. The van der Waals surface area contributed by atoms with Crippen LogP contribution in [0.1, 0.15) is 30.9 Å². The zero-order valence-corrected chi connectivity index (χ0v) is 12.1. The van der Waals surface area contributed by atoms with Crippen LogP contribution in [0.3, 0.4) is 0 Å². The lowest BCUT2D eigenvalue weighted by Gasteiger charge is -2.12. The van der Waals surface area contributed by atoms with E-state index in [1.165, 1.54) is 0 Å². The van der Waals surface area contributed by atoms with Gasteiger partial charge in [-0.3, -0.25) is 4.79 Å². The SMILES string of the molecule is CC[C@H](NC(=O)CCOc1cc(C)cc(C)c1)C(=O)O. The van der Waals surface area contributed by atoms with Gasteiger partial charge in [0.1, 0.15) is 11.8 Å². The molecular weight excluding hydrogens is 258 g/mol. The Bertz CT molecular complexity index is 465. The van der Waals surface area contributed by atoms with Crippen molar-refractivity contribution in [2.45, 2.75) is 39.7 Å². The highest BCUT2D eigenvalue weighted by atomic mass is 16.5. The maximum absolute atomic E-state index is 11.6. The van der Waals surface area contributed by atoms with Gasteiger partial charge in [0, 0.05) is 0 Å². The van der Waals surface area contributed by atoms with Crippen LogP contribution in [0.5, 0.6) is 5.75 Å². The number of aryl methyl sites for hydroxylation is 2. The summed E-state index contributed by atoms with van der Waals surface area (Å²) in [6, 6.07) is 5.01. The smallest absolute Gasteiger partial charge is 0.326 e. The van der Waals surface area contributed by atoms with E-state index in [2.05, 4.69) is 5.32 Å². The molecule has 0 saturated carbocycles. The molecule has 0 unspecified atom stereocenters. The Hall–Kier alpha value is -2.04. The zero-order valence-electron chi connectivity index (χ0n) is 12.1. The topological polar surface area (TPSA) is 75.6 Å². The van der Waals surface area contributed by atoms with Crippen molar-refractivity contribution in [1.29, 1.82) is 0 Å². The Labute approximate surface area is 118 Å². The second-order valence-electron chi connectivity index (χ2n) is 4.79. The molecule has 0 bridgehead atoms. The van der Waals surface area contributed by atoms with Crippen LogP contribution < -0.4 is 10.1 Å². The Morgan fingerprint density at radius 2 is 1.85 bits per heavy atom. The van der Waals surface area contributed by atoms with Gasteiger partial charge in [-0.1, -0.05) is 13.0 Å². The lowest BCUT2D eigenvalue weighted by molar-refractivity contribution is -0.142. The number of rotatable bonds is 7. The summed E-state index contributed by atoms with van der Waals surface area (Å²) in [4.78, 5) is 22.4. The molecule has 1 aromatic carbocycles. The average molecular weight is 279 g/mol. The molecule has 1 amide bonds. The molecular formula is C15H21NO4. The molecule has 5 nitrogen and oxygen atoms in total. The monoisotopic (exact) mass is 279 g/mol. The number of carboxylic acid groups (broad SMARTS) is 1. The first-order valence-electron chi connectivity index (χ1n) is 6.65. The maximum atomic E-state index is 11.6. The van der Waals surface area contributed by atoms with Crippen LogP contribution in [0.25, 0.3) is 0 Å². The molecule has 20 heavy (non-hydrogen) atoms. The van der Waals surface area contributed by atoms with Gasteiger partial charge in [-0.05, 0) is 43.5 Å². The van der Waals surface area contributed by atoms with Gasteiger partial charge in [0.2, 0.25) is 5.91 Å². The van der Waals surface area contributed by atoms with E-state index in [-0.39, 0.29) is 18.9 Å². The Morgan fingerprint density at radius 3 is 2.35 bits per heavy atom. The third-order valence-electron chi connectivity index (χ3n) is 2.83. The van der Waals surface area contributed by atoms with Crippen molar-refractivity contribution < 1.29 is 19.4 Å². The fourth-order valence-corrected chi connectivity index (χ4v) is 1.88. The molecule has 1 aromatic rings. The second-order valence-corrected chi connectivity index (χ2v) is 4.79. The number of hydrogen-bond donors (Lipinski definition) is 2. The van der Waals surface area contributed by atoms with Gasteiger partial charge in [-0.25, -0.2) is 4.79 Å². The molecule has 0 saturated heterocycles. The van der Waals surface area contributed by atoms with Crippen molar-refractivity contribution in [3.63, 3.8) is 0 Å². The number of hydrogen-bond acceptors (Lipinski definition) is 3. The van der Waals surface area contributed by atoms with E-state index in [1.807, 2.05) is 32.0 Å². The lowest BCUT2D eigenvalue weighted by atomic mass is 10.1. The van der Waals surface area contributed by atoms with Gasteiger partial charge in [0.25, 0.3) is 0 Å². The van der Waals surface area contributed by atoms with Crippen molar-refractivity contribution in [1.82, 2.24) is 5.32 Å². The van der Waals surface area contributed by atoms with Gasteiger partial charge < -0.3 is 15.2 Å². The lowest BCUT2D eigenvalue weighted by Crippen LogP contribution is -2.40. The Kier molecular flexibility index (Phi) is 6.03. The Balaban J connectivity index is 2.40.